The number of nitrogens with zero attached hydrogens (tertiary/aromatic N) is 2. The molecule has 0 amide bonds. The summed E-state index contributed by atoms with van der Waals surface area (Å²) in [5.74, 6) is -1.62. The number of aromatic nitrogens is 2. The third kappa shape index (κ3) is 3.31. The van der Waals surface area contributed by atoms with E-state index in [1.807, 2.05) is 19.1 Å². The average molecular weight is 413 g/mol. The van der Waals surface area contributed by atoms with Crippen LogP contribution in [0.25, 0.3) is 11.0 Å². The number of halogens is 2. The van der Waals surface area contributed by atoms with Gasteiger partial charge in [-0.05, 0) is 37.0 Å². The minimum absolute atomic E-state index is 0.0683. The van der Waals surface area contributed by atoms with Gasteiger partial charge in [0.15, 0.2) is 17.4 Å². The lowest BCUT2D eigenvalue weighted by Crippen LogP contribution is -2.46. The predicted molar refractivity (Wildman–Crippen MR) is 111 cm³/mol. The zero-order chi connectivity index (χ0) is 20.7. The molecular formula is C23H25F2N3O2. The SMILES string of the molecule is CCC1(COc2c(F)cc(N3CCCC3c3ccc4nc[nH]c4c3)cc2F)COC1. The van der Waals surface area contributed by atoms with Gasteiger partial charge in [0.1, 0.15) is 0 Å². The molecule has 158 valence electrons. The summed E-state index contributed by atoms with van der Waals surface area (Å²) in [5.41, 5.74) is 3.39. The van der Waals surface area contributed by atoms with Crippen molar-refractivity contribution in [3.05, 3.63) is 53.9 Å². The van der Waals surface area contributed by atoms with E-state index in [0.29, 0.717) is 18.9 Å². The van der Waals surface area contributed by atoms with Crippen molar-refractivity contribution >= 4 is 16.7 Å². The van der Waals surface area contributed by atoms with Crippen LogP contribution in [-0.4, -0.2) is 36.3 Å². The van der Waals surface area contributed by atoms with Crippen LogP contribution in [-0.2, 0) is 4.74 Å². The Labute approximate surface area is 174 Å². The molecule has 1 atom stereocenters. The molecule has 1 N–H and O–H groups in total. The van der Waals surface area contributed by atoms with E-state index in [1.165, 1.54) is 12.1 Å². The van der Waals surface area contributed by atoms with E-state index in [2.05, 4.69) is 20.9 Å². The zero-order valence-electron chi connectivity index (χ0n) is 17.0. The van der Waals surface area contributed by atoms with E-state index in [9.17, 15) is 8.78 Å². The molecule has 30 heavy (non-hydrogen) atoms. The topological polar surface area (TPSA) is 50.4 Å². The average Bonchev–Trinajstić information content (AvgIpc) is 3.37. The molecule has 2 saturated heterocycles. The first-order valence-corrected chi connectivity index (χ1v) is 10.5. The summed E-state index contributed by atoms with van der Waals surface area (Å²) >= 11 is 0. The Balaban J connectivity index is 1.39. The van der Waals surface area contributed by atoms with Gasteiger partial charge in [0.05, 0.1) is 48.6 Å². The lowest BCUT2D eigenvalue weighted by atomic mass is 9.84. The molecule has 3 aromatic rings. The highest BCUT2D eigenvalue weighted by molar-refractivity contribution is 5.75. The largest absolute Gasteiger partial charge is 0.487 e. The third-order valence-electron chi connectivity index (χ3n) is 6.49. The fraction of sp³-hybridized carbons (Fsp3) is 0.435. The first kappa shape index (κ1) is 19.3. The molecule has 0 radical (unpaired) electrons. The van der Waals surface area contributed by atoms with Gasteiger partial charge in [0, 0.05) is 24.4 Å². The second kappa shape index (κ2) is 7.54. The minimum Gasteiger partial charge on any atom is -0.487 e. The summed E-state index contributed by atoms with van der Waals surface area (Å²) in [7, 11) is 0. The molecule has 1 aromatic heterocycles. The van der Waals surface area contributed by atoms with Crippen molar-refractivity contribution in [1.29, 1.82) is 0 Å². The van der Waals surface area contributed by atoms with Crippen LogP contribution < -0.4 is 9.64 Å². The van der Waals surface area contributed by atoms with Crippen LogP contribution in [0.3, 0.4) is 0 Å². The fourth-order valence-electron chi connectivity index (χ4n) is 4.44. The zero-order valence-corrected chi connectivity index (χ0v) is 17.0. The standard InChI is InChI=1S/C23H25F2N3O2/c1-2-23(11-29-12-23)13-30-22-17(24)9-16(10-18(22)25)28-7-3-4-21(28)15-5-6-19-20(8-15)27-14-26-19/h5-6,8-10,14,21H,2-4,7,11-13H2,1H3,(H,26,27). The normalized spacial score (nSPS) is 20.5. The molecule has 5 nitrogen and oxygen atoms in total. The van der Waals surface area contributed by atoms with Gasteiger partial charge in [0.2, 0.25) is 0 Å². The number of aromatic amines is 1. The molecule has 0 saturated carbocycles. The van der Waals surface area contributed by atoms with Gasteiger partial charge in [-0.25, -0.2) is 13.8 Å². The Hall–Kier alpha value is -2.67. The summed E-state index contributed by atoms with van der Waals surface area (Å²) < 4.78 is 40.5. The summed E-state index contributed by atoms with van der Waals surface area (Å²) in [4.78, 5) is 9.46. The smallest absolute Gasteiger partial charge is 0.190 e. The van der Waals surface area contributed by atoms with Crippen LogP contribution in [0.4, 0.5) is 14.5 Å². The van der Waals surface area contributed by atoms with Crippen LogP contribution >= 0.6 is 0 Å². The Morgan fingerprint density at radius 1 is 1.23 bits per heavy atom. The molecule has 0 aliphatic carbocycles. The van der Waals surface area contributed by atoms with Crippen molar-refractivity contribution in [3.63, 3.8) is 0 Å². The second-order valence-corrected chi connectivity index (χ2v) is 8.40. The van der Waals surface area contributed by atoms with Crippen molar-refractivity contribution in [2.75, 3.05) is 31.3 Å². The number of imidazole rings is 1. The summed E-state index contributed by atoms with van der Waals surface area (Å²) in [6, 6.07) is 8.94. The maximum Gasteiger partial charge on any atom is 0.190 e. The number of fused-ring (bicyclic) bond motifs is 1. The van der Waals surface area contributed by atoms with Gasteiger partial charge in [0.25, 0.3) is 0 Å². The first-order valence-electron chi connectivity index (χ1n) is 10.5. The molecule has 2 aromatic carbocycles. The number of hydrogen-bond acceptors (Lipinski definition) is 4. The van der Waals surface area contributed by atoms with E-state index in [1.54, 1.807) is 6.33 Å². The Morgan fingerprint density at radius 3 is 2.73 bits per heavy atom. The number of rotatable bonds is 6. The molecule has 5 rings (SSSR count). The summed E-state index contributed by atoms with van der Waals surface area (Å²) in [5, 5.41) is 0. The van der Waals surface area contributed by atoms with Gasteiger partial charge in [-0.15, -0.1) is 0 Å². The summed E-state index contributed by atoms with van der Waals surface area (Å²) in [6.07, 6.45) is 4.42. The highest BCUT2D eigenvalue weighted by Gasteiger charge is 2.38. The van der Waals surface area contributed by atoms with Gasteiger partial charge in [-0.2, -0.15) is 0 Å². The van der Waals surface area contributed by atoms with Crippen molar-refractivity contribution in [2.24, 2.45) is 5.41 Å². The van der Waals surface area contributed by atoms with Crippen molar-refractivity contribution in [1.82, 2.24) is 9.97 Å². The molecule has 3 heterocycles. The number of hydrogen-bond donors (Lipinski definition) is 1. The Kier molecular flexibility index (Phi) is 4.85. The van der Waals surface area contributed by atoms with E-state index < -0.39 is 11.6 Å². The van der Waals surface area contributed by atoms with Gasteiger partial charge >= 0.3 is 0 Å². The number of ether oxygens (including phenoxy) is 2. The van der Waals surface area contributed by atoms with Crippen LogP contribution in [0.15, 0.2) is 36.7 Å². The highest BCUT2D eigenvalue weighted by Crippen LogP contribution is 2.39. The molecule has 2 aliphatic heterocycles. The predicted octanol–water partition coefficient (Wildman–Crippen LogP) is 4.99. The number of benzene rings is 2. The molecule has 7 heteroatoms. The van der Waals surface area contributed by atoms with E-state index in [0.717, 1.165) is 42.4 Å². The molecule has 0 bridgehead atoms. The lowest BCUT2D eigenvalue weighted by Gasteiger charge is -2.40. The van der Waals surface area contributed by atoms with Gasteiger partial charge < -0.3 is 19.4 Å². The molecule has 0 spiro atoms. The Bertz CT molecular complexity index is 1040. The first-order chi connectivity index (χ1) is 14.6. The van der Waals surface area contributed by atoms with Crippen molar-refractivity contribution in [2.45, 2.75) is 32.2 Å². The van der Waals surface area contributed by atoms with E-state index in [4.69, 9.17) is 9.47 Å². The van der Waals surface area contributed by atoms with E-state index >= 15 is 0 Å². The Morgan fingerprint density at radius 2 is 2.03 bits per heavy atom. The molecule has 2 aliphatic rings. The maximum absolute atomic E-state index is 14.8. The number of H-pyrrole nitrogens is 1. The number of nitrogens with one attached hydrogen (secondary N) is 1. The van der Waals surface area contributed by atoms with Crippen LogP contribution in [0.5, 0.6) is 5.75 Å². The summed E-state index contributed by atoms with van der Waals surface area (Å²) in [6.45, 7) is 4.19. The molecule has 2 fully saturated rings. The van der Waals surface area contributed by atoms with Gasteiger partial charge in [-0.3, -0.25) is 0 Å². The van der Waals surface area contributed by atoms with Crippen LogP contribution in [0, 0.1) is 17.0 Å². The second-order valence-electron chi connectivity index (χ2n) is 8.40. The van der Waals surface area contributed by atoms with Crippen molar-refractivity contribution < 1.29 is 18.3 Å². The van der Waals surface area contributed by atoms with E-state index in [-0.39, 0.29) is 23.8 Å². The highest BCUT2D eigenvalue weighted by atomic mass is 19.1. The monoisotopic (exact) mass is 413 g/mol. The molecular weight excluding hydrogens is 388 g/mol. The van der Waals surface area contributed by atoms with Crippen LogP contribution in [0.2, 0.25) is 0 Å². The fourth-order valence-corrected chi connectivity index (χ4v) is 4.44. The van der Waals surface area contributed by atoms with Gasteiger partial charge in [-0.1, -0.05) is 13.0 Å². The number of anilines is 1. The quantitative estimate of drug-likeness (QED) is 0.619. The maximum atomic E-state index is 14.8. The minimum atomic E-state index is -0.661. The lowest BCUT2D eigenvalue weighted by molar-refractivity contribution is -0.134. The molecule has 1 unspecified atom stereocenters. The van der Waals surface area contributed by atoms with Crippen LogP contribution in [0.1, 0.15) is 37.8 Å². The van der Waals surface area contributed by atoms with Crippen molar-refractivity contribution in [3.8, 4) is 5.75 Å². The third-order valence-corrected chi connectivity index (χ3v) is 6.49.